The Kier molecular flexibility index (Phi) is 4.40. The minimum atomic E-state index is -0.393. The number of benzene rings is 1. The van der Waals surface area contributed by atoms with Gasteiger partial charge in [0.2, 0.25) is 5.88 Å². The molecule has 1 heterocycles. The molecular formula is C15H18N2O3. The largest absolute Gasteiger partial charge is 0.465 e. The van der Waals surface area contributed by atoms with E-state index >= 15 is 0 Å². The van der Waals surface area contributed by atoms with Crippen LogP contribution >= 0.6 is 0 Å². The van der Waals surface area contributed by atoms with Crippen molar-refractivity contribution in [3.63, 3.8) is 0 Å². The van der Waals surface area contributed by atoms with Gasteiger partial charge in [-0.25, -0.2) is 4.79 Å². The Hall–Kier alpha value is -2.30. The molecule has 0 N–H and O–H groups in total. The highest BCUT2D eigenvalue weighted by Gasteiger charge is 2.10. The number of aryl methyl sites for hydroxylation is 2. The summed E-state index contributed by atoms with van der Waals surface area (Å²) < 4.78 is 11.9. The molecule has 5 heteroatoms. The first kappa shape index (κ1) is 14.1. The third kappa shape index (κ3) is 3.38. The van der Waals surface area contributed by atoms with Gasteiger partial charge in [-0.1, -0.05) is 23.8 Å². The zero-order valence-corrected chi connectivity index (χ0v) is 11.9. The number of hydrogen-bond donors (Lipinski definition) is 0. The molecule has 0 aliphatic carbocycles. The zero-order valence-electron chi connectivity index (χ0n) is 11.9. The molecule has 0 spiro atoms. The molecule has 0 unspecified atom stereocenters. The van der Waals surface area contributed by atoms with Gasteiger partial charge in [-0.05, 0) is 19.9 Å². The van der Waals surface area contributed by atoms with Crippen LogP contribution in [0.25, 0.3) is 11.3 Å². The minimum Gasteiger partial charge on any atom is -0.465 e. The Morgan fingerprint density at radius 1 is 1.35 bits per heavy atom. The predicted molar refractivity (Wildman–Crippen MR) is 75.5 cm³/mol. The Morgan fingerprint density at radius 2 is 2.15 bits per heavy atom. The number of nitrogens with zero attached hydrogens (tertiary/aromatic N) is 2. The Balaban J connectivity index is 2.12. The highest BCUT2D eigenvalue weighted by Crippen LogP contribution is 2.23. The van der Waals surface area contributed by atoms with E-state index in [1.807, 2.05) is 38.2 Å². The summed E-state index contributed by atoms with van der Waals surface area (Å²) in [6, 6.07) is 9.94. The molecule has 0 saturated carbocycles. The average Bonchev–Trinajstić information content (AvgIpc) is 2.78. The normalized spacial score (nSPS) is 10.3. The quantitative estimate of drug-likeness (QED) is 0.785. The predicted octanol–water partition coefficient (Wildman–Crippen LogP) is 2.34. The molecule has 0 fully saturated rings. The summed E-state index contributed by atoms with van der Waals surface area (Å²) in [5.41, 5.74) is 3.18. The van der Waals surface area contributed by atoms with E-state index in [9.17, 15) is 4.79 Å². The summed E-state index contributed by atoms with van der Waals surface area (Å²) in [7, 11) is 1.84. The van der Waals surface area contributed by atoms with Crippen LogP contribution in [-0.4, -0.2) is 29.0 Å². The molecular weight excluding hydrogens is 256 g/mol. The molecule has 20 heavy (non-hydrogen) atoms. The molecule has 106 valence electrons. The molecule has 0 saturated heterocycles. The van der Waals surface area contributed by atoms with E-state index in [1.165, 1.54) is 5.56 Å². The van der Waals surface area contributed by atoms with Crippen LogP contribution in [0.2, 0.25) is 0 Å². The van der Waals surface area contributed by atoms with Crippen molar-refractivity contribution in [1.29, 1.82) is 0 Å². The molecule has 0 amide bonds. The van der Waals surface area contributed by atoms with Gasteiger partial charge in [0.15, 0.2) is 6.61 Å². The van der Waals surface area contributed by atoms with Crippen LogP contribution in [-0.2, 0) is 16.6 Å². The summed E-state index contributed by atoms with van der Waals surface area (Å²) >= 11 is 0. The number of carbonyl (C=O) groups is 1. The van der Waals surface area contributed by atoms with Crippen LogP contribution in [0.4, 0.5) is 0 Å². The fraction of sp³-hybridized carbons (Fsp3) is 0.333. The smallest absolute Gasteiger partial charge is 0.344 e. The van der Waals surface area contributed by atoms with E-state index in [0.717, 1.165) is 11.3 Å². The Morgan fingerprint density at radius 3 is 2.85 bits per heavy atom. The lowest BCUT2D eigenvalue weighted by atomic mass is 10.1. The molecule has 0 radical (unpaired) electrons. The van der Waals surface area contributed by atoms with Crippen LogP contribution in [0, 0.1) is 6.92 Å². The number of ether oxygens (including phenoxy) is 2. The molecule has 2 rings (SSSR count). The van der Waals surface area contributed by atoms with E-state index in [0.29, 0.717) is 12.5 Å². The third-order valence-electron chi connectivity index (χ3n) is 2.81. The maximum atomic E-state index is 11.2. The minimum absolute atomic E-state index is 0.127. The lowest BCUT2D eigenvalue weighted by Crippen LogP contribution is -2.14. The number of carbonyl (C=O) groups excluding carboxylic acids is 1. The molecule has 0 aliphatic rings. The number of rotatable bonds is 5. The molecule has 2 aromatic rings. The van der Waals surface area contributed by atoms with E-state index < -0.39 is 5.97 Å². The van der Waals surface area contributed by atoms with E-state index in [4.69, 9.17) is 9.47 Å². The lowest BCUT2D eigenvalue weighted by Gasteiger charge is -2.01. The molecule has 1 aromatic carbocycles. The maximum absolute atomic E-state index is 11.2. The summed E-state index contributed by atoms with van der Waals surface area (Å²) in [6.07, 6.45) is 0. The fourth-order valence-corrected chi connectivity index (χ4v) is 1.92. The van der Waals surface area contributed by atoms with Gasteiger partial charge in [-0.3, -0.25) is 4.68 Å². The summed E-state index contributed by atoms with van der Waals surface area (Å²) in [4.78, 5) is 11.2. The van der Waals surface area contributed by atoms with Crippen LogP contribution < -0.4 is 4.74 Å². The van der Waals surface area contributed by atoms with E-state index in [-0.39, 0.29) is 6.61 Å². The third-order valence-corrected chi connectivity index (χ3v) is 2.81. The van der Waals surface area contributed by atoms with Crippen molar-refractivity contribution in [3.8, 4) is 17.1 Å². The number of hydrogen-bond acceptors (Lipinski definition) is 4. The van der Waals surface area contributed by atoms with Gasteiger partial charge in [-0.2, -0.15) is 0 Å². The van der Waals surface area contributed by atoms with Gasteiger partial charge in [0, 0.05) is 18.7 Å². The second-order valence-corrected chi connectivity index (χ2v) is 4.45. The van der Waals surface area contributed by atoms with Crippen molar-refractivity contribution >= 4 is 5.97 Å². The maximum Gasteiger partial charge on any atom is 0.344 e. The van der Waals surface area contributed by atoms with E-state index in [2.05, 4.69) is 11.2 Å². The van der Waals surface area contributed by atoms with Crippen molar-refractivity contribution in [2.75, 3.05) is 13.2 Å². The molecule has 0 aliphatic heterocycles. The fourth-order valence-electron chi connectivity index (χ4n) is 1.92. The average molecular weight is 274 g/mol. The van der Waals surface area contributed by atoms with Gasteiger partial charge in [0.05, 0.1) is 12.3 Å². The van der Waals surface area contributed by atoms with Crippen LogP contribution in [0.1, 0.15) is 12.5 Å². The second-order valence-electron chi connectivity index (χ2n) is 4.45. The monoisotopic (exact) mass is 274 g/mol. The van der Waals surface area contributed by atoms with Gasteiger partial charge >= 0.3 is 5.97 Å². The van der Waals surface area contributed by atoms with Crippen molar-refractivity contribution in [2.24, 2.45) is 7.05 Å². The van der Waals surface area contributed by atoms with Crippen molar-refractivity contribution in [2.45, 2.75) is 13.8 Å². The molecule has 0 bridgehead atoms. The summed E-state index contributed by atoms with van der Waals surface area (Å²) in [5.74, 6) is 0.0207. The van der Waals surface area contributed by atoms with Crippen molar-refractivity contribution in [1.82, 2.24) is 9.78 Å². The van der Waals surface area contributed by atoms with Crippen LogP contribution in [0.3, 0.4) is 0 Å². The van der Waals surface area contributed by atoms with Crippen LogP contribution in [0.5, 0.6) is 5.88 Å². The first-order valence-corrected chi connectivity index (χ1v) is 6.49. The molecule has 5 nitrogen and oxygen atoms in total. The summed E-state index contributed by atoms with van der Waals surface area (Å²) in [5, 5.41) is 4.24. The number of aromatic nitrogens is 2. The van der Waals surface area contributed by atoms with Gasteiger partial charge in [0.25, 0.3) is 0 Å². The van der Waals surface area contributed by atoms with Crippen LogP contribution in [0.15, 0.2) is 30.3 Å². The first-order valence-electron chi connectivity index (χ1n) is 6.49. The topological polar surface area (TPSA) is 53.4 Å². The van der Waals surface area contributed by atoms with Crippen molar-refractivity contribution < 1.29 is 14.3 Å². The lowest BCUT2D eigenvalue weighted by molar-refractivity contribution is -0.145. The van der Waals surface area contributed by atoms with E-state index in [1.54, 1.807) is 11.6 Å². The van der Waals surface area contributed by atoms with Gasteiger partial charge in [0.1, 0.15) is 0 Å². The standard InChI is InChI=1S/C15H18N2O3/c1-4-19-15(18)10-20-14-9-13(17(3)16-14)12-7-5-6-11(2)8-12/h5-9H,4,10H2,1-3H3. The summed E-state index contributed by atoms with van der Waals surface area (Å²) in [6.45, 7) is 4.02. The second kappa shape index (κ2) is 6.23. The number of esters is 1. The Bertz CT molecular complexity index is 605. The van der Waals surface area contributed by atoms with Gasteiger partial charge < -0.3 is 9.47 Å². The van der Waals surface area contributed by atoms with Crippen molar-refractivity contribution in [3.05, 3.63) is 35.9 Å². The van der Waals surface area contributed by atoms with Gasteiger partial charge in [-0.15, -0.1) is 5.10 Å². The highest BCUT2D eigenvalue weighted by molar-refractivity contribution is 5.71. The highest BCUT2D eigenvalue weighted by atomic mass is 16.6. The first-order chi connectivity index (χ1) is 9.60. The molecule has 0 atom stereocenters. The molecule has 1 aromatic heterocycles. The SMILES string of the molecule is CCOC(=O)COc1cc(-c2cccc(C)c2)n(C)n1. The Labute approximate surface area is 118 Å². The zero-order chi connectivity index (χ0) is 14.5.